The summed E-state index contributed by atoms with van der Waals surface area (Å²) in [4.78, 5) is 10.7. The second-order valence-corrected chi connectivity index (χ2v) is 4.04. The highest BCUT2D eigenvalue weighted by atomic mass is 16.7. The average Bonchev–Trinajstić information content (AvgIpc) is 2.36. The van der Waals surface area contributed by atoms with Gasteiger partial charge < -0.3 is 9.84 Å². The van der Waals surface area contributed by atoms with E-state index < -0.39 is 6.16 Å². The predicted molar refractivity (Wildman–Crippen MR) is 70.1 cm³/mol. The zero-order chi connectivity index (χ0) is 12.5. The molecule has 1 N–H and O–H groups in total. The van der Waals surface area contributed by atoms with Crippen LogP contribution >= 0.6 is 0 Å². The van der Waals surface area contributed by atoms with Crippen molar-refractivity contribution < 1.29 is 14.6 Å². The molecule has 0 heterocycles. The number of fused-ring (bicyclic) bond motifs is 2. The van der Waals surface area contributed by atoms with E-state index in [0.717, 1.165) is 21.5 Å². The molecular weight excluding hydrogens is 228 g/mol. The van der Waals surface area contributed by atoms with Gasteiger partial charge in [0.15, 0.2) is 0 Å². The van der Waals surface area contributed by atoms with Crippen molar-refractivity contribution in [2.45, 2.75) is 0 Å². The number of carboxylic acid groups (broad SMARTS) is 1. The van der Waals surface area contributed by atoms with E-state index in [9.17, 15) is 4.79 Å². The Morgan fingerprint density at radius 1 is 0.889 bits per heavy atom. The van der Waals surface area contributed by atoms with Gasteiger partial charge in [0, 0.05) is 5.39 Å². The topological polar surface area (TPSA) is 46.5 Å². The molecule has 3 nitrogen and oxygen atoms in total. The Balaban J connectivity index is 2.32. The molecule has 18 heavy (non-hydrogen) atoms. The SMILES string of the molecule is O=C(O)Oc1cccc2cc3ccccc3cc12. The third-order valence-electron chi connectivity index (χ3n) is 2.90. The molecule has 0 bridgehead atoms. The largest absolute Gasteiger partial charge is 0.511 e. The number of benzene rings is 3. The Labute approximate surface area is 103 Å². The van der Waals surface area contributed by atoms with Crippen LogP contribution in [-0.2, 0) is 0 Å². The van der Waals surface area contributed by atoms with Gasteiger partial charge in [-0.15, -0.1) is 0 Å². The number of rotatable bonds is 1. The highest BCUT2D eigenvalue weighted by Gasteiger charge is 2.07. The van der Waals surface area contributed by atoms with Crippen LogP contribution in [0, 0.1) is 0 Å². The van der Waals surface area contributed by atoms with Crippen molar-refractivity contribution in [3.05, 3.63) is 54.6 Å². The van der Waals surface area contributed by atoms with E-state index in [1.54, 1.807) is 12.1 Å². The number of hydrogen-bond donors (Lipinski definition) is 1. The quantitative estimate of drug-likeness (QED) is 0.395. The van der Waals surface area contributed by atoms with Gasteiger partial charge in [-0.2, -0.15) is 0 Å². The first-order valence-electron chi connectivity index (χ1n) is 5.56. The molecule has 0 saturated heterocycles. The van der Waals surface area contributed by atoms with Crippen LogP contribution in [-0.4, -0.2) is 11.3 Å². The van der Waals surface area contributed by atoms with Gasteiger partial charge in [-0.05, 0) is 34.4 Å². The molecule has 0 radical (unpaired) electrons. The van der Waals surface area contributed by atoms with Crippen LogP contribution in [0.25, 0.3) is 21.5 Å². The van der Waals surface area contributed by atoms with Crippen LogP contribution in [0.4, 0.5) is 4.79 Å². The van der Waals surface area contributed by atoms with Gasteiger partial charge in [0.2, 0.25) is 0 Å². The minimum absolute atomic E-state index is 0.366. The normalized spacial score (nSPS) is 10.7. The van der Waals surface area contributed by atoms with E-state index in [2.05, 4.69) is 0 Å². The molecule has 0 aliphatic rings. The van der Waals surface area contributed by atoms with Crippen LogP contribution in [0.3, 0.4) is 0 Å². The van der Waals surface area contributed by atoms with E-state index in [1.165, 1.54) is 0 Å². The second-order valence-electron chi connectivity index (χ2n) is 4.04. The van der Waals surface area contributed by atoms with Crippen LogP contribution in [0.5, 0.6) is 5.75 Å². The van der Waals surface area contributed by atoms with Gasteiger partial charge in [0.25, 0.3) is 0 Å². The van der Waals surface area contributed by atoms with Crippen LogP contribution in [0.2, 0.25) is 0 Å². The molecule has 0 unspecified atom stereocenters. The van der Waals surface area contributed by atoms with E-state index >= 15 is 0 Å². The fraction of sp³-hybridized carbons (Fsp3) is 0. The molecule has 0 aliphatic heterocycles. The van der Waals surface area contributed by atoms with Crippen LogP contribution in [0.1, 0.15) is 0 Å². The third-order valence-corrected chi connectivity index (χ3v) is 2.90. The summed E-state index contributed by atoms with van der Waals surface area (Å²) in [6.07, 6.45) is -1.30. The smallest absolute Gasteiger partial charge is 0.449 e. The molecule has 0 amide bonds. The first kappa shape index (κ1) is 10.6. The molecular formula is C15H10O3. The fourth-order valence-corrected chi connectivity index (χ4v) is 2.12. The van der Waals surface area contributed by atoms with Gasteiger partial charge in [-0.1, -0.05) is 36.4 Å². The monoisotopic (exact) mass is 238 g/mol. The van der Waals surface area contributed by atoms with Crippen molar-refractivity contribution >= 4 is 27.7 Å². The lowest BCUT2D eigenvalue weighted by molar-refractivity contribution is 0.145. The molecule has 3 aromatic rings. The van der Waals surface area contributed by atoms with E-state index in [0.29, 0.717) is 5.75 Å². The van der Waals surface area contributed by atoms with Gasteiger partial charge >= 0.3 is 6.16 Å². The summed E-state index contributed by atoms with van der Waals surface area (Å²) < 4.78 is 4.79. The zero-order valence-corrected chi connectivity index (χ0v) is 9.46. The van der Waals surface area contributed by atoms with Gasteiger partial charge in [-0.3, -0.25) is 0 Å². The second kappa shape index (κ2) is 4.04. The summed E-state index contributed by atoms with van der Waals surface area (Å²) in [5.74, 6) is 0.366. The molecule has 0 spiro atoms. The lowest BCUT2D eigenvalue weighted by atomic mass is 10.0. The number of carbonyl (C=O) groups is 1. The standard InChI is InChI=1S/C15H10O3/c16-15(17)18-14-7-3-6-12-8-10-4-1-2-5-11(10)9-13(12)14/h1-9H,(H,16,17). The molecule has 0 atom stereocenters. The van der Waals surface area contributed by atoms with E-state index in [1.807, 2.05) is 42.5 Å². The highest BCUT2D eigenvalue weighted by Crippen LogP contribution is 2.29. The van der Waals surface area contributed by atoms with Crippen molar-refractivity contribution in [2.24, 2.45) is 0 Å². The van der Waals surface area contributed by atoms with Crippen LogP contribution in [0.15, 0.2) is 54.6 Å². The molecule has 3 aromatic carbocycles. The summed E-state index contributed by atoms with van der Waals surface area (Å²) in [6, 6.07) is 17.3. The Bertz CT molecular complexity index is 747. The van der Waals surface area contributed by atoms with Gasteiger partial charge in [-0.25, -0.2) is 4.79 Å². The minimum atomic E-state index is -1.30. The maximum atomic E-state index is 10.7. The molecule has 3 heteroatoms. The van der Waals surface area contributed by atoms with Gasteiger partial charge in [0.05, 0.1) is 0 Å². The maximum Gasteiger partial charge on any atom is 0.511 e. The van der Waals surface area contributed by atoms with E-state index in [4.69, 9.17) is 9.84 Å². The number of hydrogen-bond acceptors (Lipinski definition) is 2. The summed E-state index contributed by atoms with van der Waals surface area (Å²) in [6.45, 7) is 0. The van der Waals surface area contributed by atoms with Crippen LogP contribution < -0.4 is 4.74 Å². The third kappa shape index (κ3) is 1.76. The summed E-state index contributed by atoms with van der Waals surface area (Å²) in [7, 11) is 0. The summed E-state index contributed by atoms with van der Waals surface area (Å²) >= 11 is 0. The Hall–Kier alpha value is -2.55. The first-order valence-corrected chi connectivity index (χ1v) is 5.56. The van der Waals surface area contributed by atoms with Crippen molar-refractivity contribution in [3.63, 3.8) is 0 Å². The van der Waals surface area contributed by atoms with E-state index in [-0.39, 0.29) is 0 Å². The maximum absolute atomic E-state index is 10.7. The lowest BCUT2D eigenvalue weighted by Gasteiger charge is -2.06. The Morgan fingerprint density at radius 3 is 2.28 bits per heavy atom. The highest BCUT2D eigenvalue weighted by molar-refractivity contribution is 6.01. The summed E-state index contributed by atoms with van der Waals surface area (Å²) in [5, 5.41) is 12.7. The van der Waals surface area contributed by atoms with Crippen molar-refractivity contribution in [2.75, 3.05) is 0 Å². The first-order chi connectivity index (χ1) is 8.74. The molecule has 88 valence electrons. The molecule has 0 aromatic heterocycles. The molecule has 0 fully saturated rings. The predicted octanol–water partition coefficient (Wildman–Crippen LogP) is 4.05. The fourth-order valence-electron chi connectivity index (χ4n) is 2.12. The Morgan fingerprint density at radius 2 is 1.56 bits per heavy atom. The van der Waals surface area contributed by atoms with Crippen molar-refractivity contribution in [1.82, 2.24) is 0 Å². The number of ether oxygens (including phenoxy) is 1. The van der Waals surface area contributed by atoms with Gasteiger partial charge in [0.1, 0.15) is 5.75 Å². The molecule has 0 saturated carbocycles. The molecule has 0 aliphatic carbocycles. The average molecular weight is 238 g/mol. The minimum Gasteiger partial charge on any atom is -0.449 e. The molecule has 3 rings (SSSR count). The van der Waals surface area contributed by atoms with Crippen molar-refractivity contribution in [1.29, 1.82) is 0 Å². The summed E-state index contributed by atoms with van der Waals surface area (Å²) in [5.41, 5.74) is 0. The lowest BCUT2D eigenvalue weighted by Crippen LogP contribution is -2.03. The zero-order valence-electron chi connectivity index (χ0n) is 9.46. The Kier molecular flexibility index (Phi) is 2.38. The van der Waals surface area contributed by atoms with Crippen molar-refractivity contribution in [3.8, 4) is 5.75 Å².